The number of hydrogen-bond acceptors (Lipinski definition) is 3. The summed E-state index contributed by atoms with van der Waals surface area (Å²) in [5, 5.41) is 19.5. The van der Waals surface area contributed by atoms with E-state index in [1.165, 1.54) is 0 Å². The Morgan fingerprint density at radius 2 is 1.54 bits per heavy atom. The Labute approximate surface area is 219 Å². The van der Waals surface area contributed by atoms with Gasteiger partial charge in [0.2, 0.25) is 0 Å². The second kappa shape index (κ2) is 12.0. The predicted octanol–water partition coefficient (Wildman–Crippen LogP) is 7.66. The number of rotatable bonds is 7. The zero-order valence-corrected chi connectivity index (χ0v) is 21.2. The van der Waals surface area contributed by atoms with E-state index in [0.717, 1.165) is 27.6 Å². The van der Waals surface area contributed by atoms with Crippen molar-refractivity contribution in [2.45, 2.75) is 17.9 Å². The van der Waals surface area contributed by atoms with E-state index in [0.29, 0.717) is 34.6 Å². The van der Waals surface area contributed by atoms with Crippen molar-refractivity contribution in [2.24, 2.45) is 4.99 Å². The molecule has 0 fully saturated rings. The molecule has 0 aliphatic carbocycles. The second-order valence-corrected chi connectivity index (χ2v) is 9.89. The van der Waals surface area contributed by atoms with Crippen molar-refractivity contribution in [3.63, 3.8) is 0 Å². The van der Waals surface area contributed by atoms with Gasteiger partial charge in [0.1, 0.15) is 5.75 Å². The van der Waals surface area contributed by atoms with Crippen LogP contribution in [0.2, 0.25) is 10.0 Å². The molecule has 0 saturated heterocycles. The molecule has 0 aromatic heterocycles. The monoisotopic (exact) mass is 523 g/mol. The Bertz CT molecular complexity index is 1280. The minimum Gasteiger partial charge on any atom is -0.593 e. The molecular formula is C28H25Cl2N2O2S+. The molecule has 35 heavy (non-hydrogen) atoms. The lowest BCUT2D eigenvalue weighted by Crippen LogP contribution is -2.30. The molecule has 0 saturated carbocycles. The molecule has 0 heterocycles. The standard InChI is InChI=1S/C28H24Cl2N2O2S/c29-22-16-23(30)18-24(17-22)31-28(35-27-7-2-1-3-8-27)32(19-21-9-11-25(33)12-10-21)14-13-20-5-4-6-26(34)15-20/h1-12,15-18,33-34H,13-14,19H2/p+1. The first kappa shape index (κ1) is 25.0. The molecule has 4 nitrogen and oxygen atoms in total. The van der Waals surface area contributed by atoms with Crippen molar-refractivity contribution in [2.75, 3.05) is 6.54 Å². The van der Waals surface area contributed by atoms with E-state index in [2.05, 4.69) is 4.90 Å². The van der Waals surface area contributed by atoms with Crippen molar-refractivity contribution in [3.05, 3.63) is 118 Å². The molecule has 0 aliphatic heterocycles. The molecule has 0 spiro atoms. The van der Waals surface area contributed by atoms with Crippen LogP contribution < -0.4 is 0 Å². The van der Waals surface area contributed by atoms with E-state index in [4.69, 9.17) is 33.3 Å². The average molecular weight is 524 g/mol. The van der Waals surface area contributed by atoms with Crippen LogP contribution in [-0.2, 0) is 13.0 Å². The topological polar surface area (TPSA) is 58.7 Å². The maximum atomic E-state index is 9.74. The minimum atomic E-state index is 0.230. The molecule has 178 valence electrons. The van der Waals surface area contributed by atoms with Crippen LogP contribution in [0.3, 0.4) is 0 Å². The minimum absolute atomic E-state index is 0.230. The molecule has 7 heteroatoms. The fourth-order valence-corrected chi connectivity index (χ4v) is 4.98. The number of amidine groups is 1. The number of hydrogen-bond donors (Lipinski definition) is 1. The maximum Gasteiger partial charge on any atom is 0.254 e. The average Bonchev–Trinajstić information content (AvgIpc) is 2.83. The van der Waals surface area contributed by atoms with Crippen LogP contribution in [0.1, 0.15) is 11.1 Å². The van der Waals surface area contributed by atoms with Gasteiger partial charge in [-0.05, 0) is 60.0 Å². The summed E-state index contributed by atoms with van der Waals surface area (Å²) in [5.74, 6) is 0.724. The van der Waals surface area contributed by atoms with Crippen LogP contribution in [0, 0.1) is 0 Å². The van der Waals surface area contributed by atoms with Crippen LogP contribution >= 0.6 is 35.0 Å². The van der Waals surface area contributed by atoms with Gasteiger partial charge in [0.05, 0.1) is 5.69 Å². The number of phenolic OH excluding ortho intramolecular Hbond substituents is 1. The van der Waals surface area contributed by atoms with Gasteiger partial charge in [-0.15, -0.1) is 0 Å². The number of benzene rings is 4. The van der Waals surface area contributed by atoms with E-state index in [1.54, 1.807) is 48.2 Å². The van der Waals surface area contributed by atoms with Gasteiger partial charge in [-0.3, -0.25) is 0 Å². The van der Waals surface area contributed by atoms with E-state index in [1.807, 2.05) is 60.7 Å². The van der Waals surface area contributed by atoms with Gasteiger partial charge in [-0.25, -0.2) is 4.99 Å². The molecule has 4 aromatic rings. The van der Waals surface area contributed by atoms with E-state index >= 15 is 0 Å². The van der Waals surface area contributed by atoms with Crippen LogP contribution in [0.25, 0.3) is 0 Å². The second-order valence-electron chi connectivity index (χ2n) is 7.98. The number of phenols is 1. The molecule has 0 amide bonds. The number of nitrogens with zero attached hydrogens (tertiary/aromatic N) is 2. The van der Waals surface area contributed by atoms with Crippen LogP contribution in [0.5, 0.6) is 11.5 Å². The molecule has 0 radical (unpaired) electrons. The molecule has 0 bridgehead atoms. The van der Waals surface area contributed by atoms with Gasteiger partial charge in [-0.1, -0.05) is 77.4 Å². The van der Waals surface area contributed by atoms with Crippen LogP contribution in [-0.4, -0.2) is 26.8 Å². The lowest BCUT2D eigenvalue weighted by atomic mass is 10.1. The van der Waals surface area contributed by atoms with Gasteiger partial charge in [0.15, 0.2) is 5.17 Å². The Balaban J connectivity index is 1.71. The Morgan fingerprint density at radius 3 is 2.23 bits per heavy atom. The smallest absolute Gasteiger partial charge is 0.254 e. The van der Waals surface area contributed by atoms with Gasteiger partial charge < -0.3 is 15.1 Å². The first-order valence-electron chi connectivity index (χ1n) is 11.1. The van der Waals surface area contributed by atoms with Crippen molar-refractivity contribution < 1.29 is 10.2 Å². The molecule has 0 aliphatic rings. The molecule has 0 atom stereocenters. The van der Waals surface area contributed by atoms with Crippen molar-refractivity contribution >= 4 is 45.8 Å². The van der Waals surface area contributed by atoms with Crippen LogP contribution in [0.4, 0.5) is 5.69 Å². The van der Waals surface area contributed by atoms with Gasteiger partial charge >= 0.3 is 0 Å². The SMILES string of the molecule is Oc1ccc(CN(CCc2cccc([OH2+])c2)C(=Nc2cc(Cl)cc(Cl)c2)Sc2ccccc2)cc1. The Kier molecular flexibility index (Phi) is 8.59. The lowest BCUT2D eigenvalue weighted by molar-refractivity contribution is 0.423. The molecule has 0 unspecified atom stereocenters. The summed E-state index contributed by atoms with van der Waals surface area (Å²) in [4.78, 5) is 8.23. The van der Waals surface area contributed by atoms with E-state index in [9.17, 15) is 5.11 Å². The summed E-state index contributed by atoms with van der Waals surface area (Å²) < 4.78 is 0. The van der Waals surface area contributed by atoms with Gasteiger partial charge in [-0.2, -0.15) is 0 Å². The number of aromatic hydroxyl groups is 1. The summed E-state index contributed by atoms with van der Waals surface area (Å²) in [6.45, 7) is 1.27. The highest BCUT2D eigenvalue weighted by molar-refractivity contribution is 8.13. The molecule has 4 aromatic carbocycles. The Morgan fingerprint density at radius 1 is 0.829 bits per heavy atom. The first-order chi connectivity index (χ1) is 16.9. The lowest BCUT2D eigenvalue weighted by Gasteiger charge is -2.26. The fourth-order valence-electron chi connectivity index (χ4n) is 3.52. The Hall–Kier alpha value is -3.12. The zero-order valence-electron chi connectivity index (χ0n) is 18.9. The highest BCUT2D eigenvalue weighted by atomic mass is 35.5. The molecular weight excluding hydrogens is 499 g/mol. The summed E-state index contributed by atoms with van der Waals surface area (Å²) in [7, 11) is 0. The largest absolute Gasteiger partial charge is 0.593 e. The molecule has 4 rings (SSSR count). The third-order valence-corrected chi connectivity index (χ3v) is 6.68. The quantitative estimate of drug-likeness (QED) is 0.117. The normalized spacial score (nSPS) is 11.4. The maximum absolute atomic E-state index is 9.74. The number of aliphatic imine (C=N–C) groups is 1. The highest BCUT2D eigenvalue weighted by Crippen LogP contribution is 2.30. The van der Waals surface area contributed by atoms with E-state index in [-0.39, 0.29) is 5.75 Å². The summed E-state index contributed by atoms with van der Waals surface area (Å²) >= 11 is 14.1. The third kappa shape index (κ3) is 7.69. The number of halogens is 2. The van der Waals surface area contributed by atoms with E-state index < -0.39 is 0 Å². The number of thioether (sulfide) groups is 1. The van der Waals surface area contributed by atoms with Crippen molar-refractivity contribution in [1.29, 1.82) is 0 Å². The fraction of sp³-hybridized carbons (Fsp3) is 0.107. The van der Waals surface area contributed by atoms with Gasteiger partial charge in [0.25, 0.3) is 5.75 Å². The summed E-state index contributed by atoms with van der Waals surface area (Å²) in [5.41, 5.74) is 2.80. The van der Waals surface area contributed by atoms with Crippen LogP contribution in [0.15, 0.2) is 107 Å². The first-order valence-corrected chi connectivity index (χ1v) is 12.6. The third-order valence-electron chi connectivity index (χ3n) is 5.20. The highest BCUT2D eigenvalue weighted by Gasteiger charge is 2.16. The predicted molar refractivity (Wildman–Crippen MR) is 148 cm³/mol. The van der Waals surface area contributed by atoms with Crippen molar-refractivity contribution in [3.8, 4) is 11.5 Å². The molecule has 3 N–H and O–H groups in total. The van der Waals surface area contributed by atoms with Crippen molar-refractivity contribution in [1.82, 2.24) is 4.90 Å². The summed E-state index contributed by atoms with van der Waals surface area (Å²) in [6, 6.07) is 30.2. The van der Waals surface area contributed by atoms with Gasteiger partial charge in [0, 0.05) is 40.2 Å². The zero-order chi connectivity index (χ0) is 24.6. The summed E-state index contributed by atoms with van der Waals surface area (Å²) in [6.07, 6.45) is 0.746.